The Morgan fingerprint density at radius 3 is 2.45 bits per heavy atom. The van der Waals surface area contributed by atoms with Gasteiger partial charge in [-0.1, -0.05) is 0 Å². The predicted octanol–water partition coefficient (Wildman–Crippen LogP) is 2.19. The largest absolute Gasteiger partial charge is 0.492 e. The van der Waals surface area contributed by atoms with Gasteiger partial charge in [0.1, 0.15) is 30.9 Å². The number of hydrogen-bond donors (Lipinski definition) is 3. The lowest BCUT2D eigenvalue weighted by molar-refractivity contribution is 0.0258. The zero-order valence-electron chi connectivity index (χ0n) is 15.9. The summed E-state index contributed by atoms with van der Waals surface area (Å²) in [6, 6.07) is 11.7. The number of amides is 1. The number of esters is 1. The molecular weight excluding hydrogens is 383 g/mol. The second-order valence-electron chi connectivity index (χ2n) is 5.95. The van der Waals surface area contributed by atoms with Crippen molar-refractivity contribution < 1.29 is 33.3 Å². The van der Waals surface area contributed by atoms with E-state index in [1.165, 1.54) is 55.6 Å². The number of aliphatic hydroxyl groups is 1. The SMILES string of the molecule is COC(=O)Nc1ccc(C(=O)OCC(O)CNCCOc2ccc(F)cc2)cc1. The number of rotatable bonds is 10. The highest BCUT2D eigenvalue weighted by Gasteiger charge is 2.11. The van der Waals surface area contributed by atoms with Crippen molar-refractivity contribution in [2.24, 2.45) is 0 Å². The van der Waals surface area contributed by atoms with E-state index in [2.05, 4.69) is 15.4 Å². The summed E-state index contributed by atoms with van der Waals surface area (Å²) in [7, 11) is 1.25. The van der Waals surface area contributed by atoms with E-state index in [-0.39, 0.29) is 24.5 Å². The highest BCUT2D eigenvalue weighted by molar-refractivity contribution is 5.91. The molecule has 1 unspecified atom stereocenters. The molecule has 0 fully saturated rings. The van der Waals surface area contributed by atoms with Crippen molar-refractivity contribution in [1.29, 1.82) is 0 Å². The Bertz CT molecular complexity index is 783. The van der Waals surface area contributed by atoms with Gasteiger partial charge < -0.3 is 24.6 Å². The van der Waals surface area contributed by atoms with E-state index in [4.69, 9.17) is 9.47 Å². The van der Waals surface area contributed by atoms with E-state index in [1.54, 1.807) is 0 Å². The maximum atomic E-state index is 12.8. The van der Waals surface area contributed by atoms with Crippen LogP contribution in [-0.2, 0) is 9.47 Å². The summed E-state index contributed by atoms with van der Waals surface area (Å²) in [5.41, 5.74) is 0.758. The molecule has 0 spiro atoms. The highest BCUT2D eigenvalue weighted by atomic mass is 19.1. The number of aliphatic hydroxyl groups excluding tert-OH is 1. The van der Waals surface area contributed by atoms with Crippen LogP contribution in [0.15, 0.2) is 48.5 Å². The van der Waals surface area contributed by atoms with Crippen LogP contribution in [0.5, 0.6) is 5.75 Å². The molecule has 0 aliphatic heterocycles. The van der Waals surface area contributed by atoms with Gasteiger partial charge in [-0.15, -0.1) is 0 Å². The number of carbonyl (C=O) groups excluding carboxylic acids is 2. The summed E-state index contributed by atoms with van der Waals surface area (Å²) in [5, 5.41) is 15.3. The predicted molar refractivity (Wildman–Crippen MR) is 104 cm³/mol. The van der Waals surface area contributed by atoms with Crippen molar-refractivity contribution in [3.63, 3.8) is 0 Å². The fraction of sp³-hybridized carbons (Fsp3) is 0.300. The Kier molecular flexibility index (Phi) is 8.87. The number of methoxy groups -OCH3 is 1. The van der Waals surface area contributed by atoms with Crippen molar-refractivity contribution in [1.82, 2.24) is 5.32 Å². The first-order valence-corrected chi connectivity index (χ1v) is 8.87. The molecule has 0 aromatic heterocycles. The first-order valence-electron chi connectivity index (χ1n) is 8.87. The van der Waals surface area contributed by atoms with Crippen molar-refractivity contribution in [3.05, 3.63) is 59.9 Å². The maximum absolute atomic E-state index is 12.8. The van der Waals surface area contributed by atoms with Gasteiger partial charge in [-0.25, -0.2) is 14.0 Å². The average Bonchev–Trinajstić information content (AvgIpc) is 2.73. The molecule has 9 heteroatoms. The summed E-state index contributed by atoms with van der Waals surface area (Å²) in [6.07, 6.45) is -1.50. The van der Waals surface area contributed by atoms with Crippen LogP contribution in [0.1, 0.15) is 10.4 Å². The molecule has 2 aromatic carbocycles. The molecule has 0 saturated carbocycles. The number of ether oxygens (including phenoxy) is 3. The van der Waals surface area contributed by atoms with Gasteiger partial charge in [-0.2, -0.15) is 0 Å². The van der Waals surface area contributed by atoms with Crippen LogP contribution in [0.4, 0.5) is 14.9 Å². The molecule has 0 bridgehead atoms. The average molecular weight is 406 g/mol. The lowest BCUT2D eigenvalue weighted by Crippen LogP contribution is -2.33. The second-order valence-corrected chi connectivity index (χ2v) is 5.95. The number of halogens is 1. The van der Waals surface area contributed by atoms with Crippen molar-refractivity contribution in [3.8, 4) is 5.75 Å². The molecular formula is C20H23FN2O6. The zero-order chi connectivity index (χ0) is 21.1. The van der Waals surface area contributed by atoms with Crippen LogP contribution in [-0.4, -0.2) is 56.7 Å². The Labute approximate surface area is 167 Å². The van der Waals surface area contributed by atoms with Gasteiger partial charge >= 0.3 is 12.1 Å². The molecule has 2 aromatic rings. The normalized spacial score (nSPS) is 11.4. The number of benzene rings is 2. The van der Waals surface area contributed by atoms with Crippen LogP contribution in [0.25, 0.3) is 0 Å². The molecule has 0 heterocycles. The summed E-state index contributed by atoms with van der Waals surface area (Å²) >= 11 is 0. The van der Waals surface area contributed by atoms with Crippen LogP contribution < -0.4 is 15.4 Å². The summed E-state index contributed by atoms with van der Waals surface area (Å²) in [4.78, 5) is 23.1. The molecule has 0 saturated heterocycles. The van der Waals surface area contributed by atoms with Crippen molar-refractivity contribution in [2.45, 2.75) is 6.10 Å². The first-order chi connectivity index (χ1) is 14.0. The molecule has 29 heavy (non-hydrogen) atoms. The fourth-order valence-corrected chi connectivity index (χ4v) is 2.21. The molecule has 0 aliphatic rings. The van der Waals surface area contributed by atoms with Crippen LogP contribution in [0.3, 0.4) is 0 Å². The van der Waals surface area contributed by atoms with Crippen molar-refractivity contribution >= 4 is 17.7 Å². The lowest BCUT2D eigenvalue weighted by atomic mass is 10.2. The van der Waals surface area contributed by atoms with Crippen molar-refractivity contribution in [2.75, 3.05) is 38.7 Å². The van der Waals surface area contributed by atoms with Crippen LogP contribution in [0, 0.1) is 5.82 Å². The molecule has 1 amide bonds. The van der Waals surface area contributed by atoms with Gasteiger partial charge in [-0.3, -0.25) is 5.32 Å². The smallest absolute Gasteiger partial charge is 0.411 e. The topological polar surface area (TPSA) is 106 Å². The molecule has 0 radical (unpaired) electrons. The molecule has 2 rings (SSSR count). The third kappa shape index (κ3) is 8.16. The van der Waals surface area contributed by atoms with E-state index in [0.29, 0.717) is 24.6 Å². The number of hydrogen-bond acceptors (Lipinski definition) is 7. The summed E-state index contributed by atoms with van der Waals surface area (Å²) < 4.78 is 27.7. The third-order valence-corrected chi connectivity index (χ3v) is 3.70. The lowest BCUT2D eigenvalue weighted by Gasteiger charge is -2.13. The van der Waals surface area contributed by atoms with E-state index in [9.17, 15) is 19.1 Å². The minimum Gasteiger partial charge on any atom is -0.492 e. The van der Waals surface area contributed by atoms with Gasteiger partial charge in [-0.05, 0) is 48.5 Å². The monoisotopic (exact) mass is 406 g/mol. The van der Waals surface area contributed by atoms with Crippen LogP contribution >= 0.6 is 0 Å². The first kappa shape index (κ1) is 22.1. The molecule has 1 atom stereocenters. The maximum Gasteiger partial charge on any atom is 0.411 e. The molecule has 8 nitrogen and oxygen atoms in total. The Hall–Kier alpha value is -3.17. The fourth-order valence-electron chi connectivity index (χ4n) is 2.21. The number of anilines is 1. The van der Waals surface area contributed by atoms with Gasteiger partial charge in [0, 0.05) is 18.8 Å². The Morgan fingerprint density at radius 1 is 1.10 bits per heavy atom. The zero-order valence-corrected chi connectivity index (χ0v) is 15.9. The van der Waals surface area contributed by atoms with Gasteiger partial charge in [0.25, 0.3) is 0 Å². The summed E-state index contributed by atoms with van der Waals surface area (Å²) in [5.74, 6) is -0.370. The van der Waals surface area contributed by atoms with E-state index < -0.39 is 18.2 Å². The third-order valence-electron chi connectivity index (χ3n) is 3.70. The highest BCUT2D eigenvalue weighted by Crippen LogP contribution is 2.11. The van der Waals surface area contributed by atoms with E-state index in [1.807, 2.05) is 0 Å². The van der Waals surface area contributed by atoms with E-state index >= 15 is 0 Å². The quantitative estimate of drug-likeness (QED) is 0.410. The molecule has 3 N–H and O–H groups in total. The van der Waals surface area contributed by atoms with Gasteiger partial charge in [0.2, 0.25) is 0 Å². The Morgan fingerprint density at radius 2 is 1.79 bits per heavy atom. The van der Waals surface area contributed by atoms with E-state index in [0.717, 1.165) is 0 Å². The molecule has 0 aliphatic carbocycles. The minimum atomic E-state index is -0.884. The second kappa shape index (κ2) is 11.6. The van der Waals surface area contributed by atoms with Gasteiger partial charge in [0.05, 0.1) is 12.7 Å². The minimum absolute atomic E-state index is 0.174. The Balaban J connectivity index is 1.61. The molecule has 156 valence electrons. The standard InChI is InChI=1S/C20H23FN2O6/c1-27-20(26)23-16-6-2-14(3-7-16)19(25)29-13-17(24)12-22-10-11-28-18-8-4-15(21)5-9-18/h2-9,17,22,24H,10-13H2,1H3,(H,23,26). The number of nitrogens with one attached hydrogen (secondary N) is 2. The van der Waals surface area contributed by atoms with Gasteiger partial charge in [0.15, 0.2) is 0 Å². The summed E-state index contributed by atoms with van der Waals surface area (Å²) in [6.45, 7) is 0.829. The van der Waals surface area contributed by atoms with Crippen LogP contribution in [0.2, 0.25) is 0 Å². The number of carbonyl (C=O) groups is 2.